The van der Waals surface area contributed by atoms with Crippen molar-refractivity contribution < 1.29 is 4.79 Å². The van der Waals surface area contributed by atoms with Gasteiger partial charge >= 0.3 is 0 Å². The molecule has 1 amide bonds. The van der Waals surface area contributed by atoms with E-state index < -0.39 is 0 Å². The molecule has 0 heterocycles. The molecular formula is C13H15NOS. The number of carbonyl (C=O) groups excluding carboxylic acids is 1. The van der Waals surface area contributed by atoms with E-state index in [1.165, 1.54) is 0 Å². The number of benzene rings is 1. The molecule has 1 aromatic rings. The first kappa shape index (κ1) is 12.7. The minimum Gasteiger partial charge on any atom is -0.348 e. The maximum Gasteiger partial charge on any atom is 0.252 e. The third-order valence-corrected chi connectivity index (χ3v) is 2.73. The topological polar surface area (TPSA) is 29.1 Å². The van der Waals surface area contributed by atoms with E-state index in [4.69, 9.17) is 6.42 Å². The number of terminal acetylenes is 1. The third kappa shape index (κ3) is 3.32. The molecule has 16 heavy (non-hydrogen) atoms. The molecule has 0 fully saturated rings. The monoisotopic (exact) mass is 233 g/mol. The van der Waals surface area contributed by atoms with Gasteiger partial charge in [-0.3, -0.25) is 4.79 Å². The molecule has 0 aromatic heterocycles. The lowest BCUT2D eigenvalue weighted by molar-refractivity contribution is 0.0934. The summed E-state index contributed by atoms with van der Waals surface area (Å²) in [6, 6.07) is 7.24. The minimum absolute atomic E-state index is 0.0328. The maximum atomic E-state index is 11.9. The van der Waals surface area contributed by atoms with Gasteiger partial charge in [-0.1, -0.05) is 19.1 Å². The van der Waals surface area contributed by atoms with Crippen LogP contribution in [0.15, 0.2) is 29.2 Å². The van der Waals surface area contributed by atoms with Gasteiger partial charge in [0.15, 0.2) is 0 Å². The first-order valence-electron chi connectivity index (χ1n) is 5.21. The van der Waals surface area contributed by atoms with Crippen molar-refractivity contribution in [1.82, 2.24) is 5.32 Å². The Morgan fingerprint density at radius 3 is 2.81 bits per heavy atom. The van der Waals surface area contributed by atoms with Crippen LogP contribution in [0.3, 0.4) is 0 Å². The van der Waals surface area contributed by atoms with Gasteiger partial charge in [-0.25, -0.2) is 0 Å². The number of rotatable bonds is 4. The molecule has 1 rings (SSSR count). The largest absolute Gasteiger partial charge is 0.348 e. The fourth-order valence-corrected chi connectivity index (χ4v) is 1.63. The summed E-state index contributed by atoms with van der Waals surface area (Å²) in [5.74, 6) is 2.44. The summed E-state index contributed by atoms with van der Waals surface area (Å²) in [4.78, 5) is 12.6. The second kappa shape index (κ2) is 6.24. The van der Waals surface area contributed by atoms with Crippen LogP contribution in [0.1, 0.15) is 30.1 Å². The van der Waals surface area contributed by atoms with Crippen LogP contribution in [0.5, 0.6) is 0 Å². The predicted molar refractivity (Wildman–Crippen MR) is 68.7 cm³/mol. The highest BCUT2D eigenvalue weighted by Gasteiger charge is 2.12. The Morgan fingerprint density at radius 1 is 1.56 bits per heavy atom. The lowest BCUT2D eigenvalue weighted by Gasteiger charge is -2.14. The van der Waals surface area contributed by atoms with Gasteiger partial charge in [-0.05, 0) is 18.6 Å². The van der Waals surface area contributed by atoms with E-state index in [2.05, 4.69) is 23.9 Å². The van der Waals surface area contributed by atoms with Gasteiger partial charge in [-0.15, -0.1) is 25.0 Å². The summed E-state index contributed by atoms with van der Waals surface area (Å²) in [5, 5.41) is 2.89. The molecule has 0 radical (unpaired) electrons. The first-order valence-corrected chi connectivity index (χ1v) is 5.66. The zero-order chi connectivity index (χ0) is 12.0. The molecular weight excluding hydrogens is 218 g/mol. The second-order valence-electron chi connectivity index (χ2n) is 3.50. The van der Waals surface area contributed by atoms with Crippen LogP contribution >= 0.6 is 12.6 Å². The zero-order valence-electron chi connectivity index (χ0n) is 9.23. The van der Waals surface area contributed by atoms with Gasteiger partial charge < -0.3 is 5.32 Å². The molecule has 84 valence electrons. The fraction of sp³-hybridized carbons (Fsp3) is 0.308. The van der Waals surface area contributed by atoms with Crippen molar-refractivity contribution in [2.75, 3.05) is 0 Å². The standard InChI is InChI=1S/C13H15NOS/c1-3-7-10(4-2)14-13(15)11-8-5-6-9-12(11)16/h1,5-6,8-10,16H,4,7H2,2H3,(H,14,15). The first-order chi connectivity index (χ1) is 7.69. The van der Waals surface area contributed by atoms with Gasteiger partial charge in [0.05, 0.1) is 5.56 Å². The fourth-order valence-electron chi connectivity index (χ4n) is 1.37. The molecule has 1 N–H and O–H groups in total. The highest BCUT2D eigenvalue weighted by molar-refractivity contribution is 7.80. The van der Waals surface area contributed by atoms with Crippen LogP contribution in [0.25, 0.3) is 0 Å². The average molecular weight is 233 g/mol. The van der Waals surface area contributed by atoms with Crippen LogP contribution in [0.2, 0.25) is 0 Å². The van der Waals surface area contributed by atoms with E-state index in [-0.39, 0.29) is 11.9 Å². The Balaban J connectivity index is 2.73. The number of hydrogen-bond acceptors (Lipinski definition) is 2. The zero-order valence-corrected chi connectivity index (χ0v) is 10.1. The van der Waals surface area contributed by atoms with E-state index in [9.17, 15) is 4.79 Å². The molecule has 0 bridgehead atoms. The summed E-state index contributed by atoms with van der Waals surface area (Å²) in [6.45, 7) is 1.99. The molecule has 0 spiro atoms. The van der Waals surface area contributed by atoms with E-state index in [0.717, 1.165) is 6.42 Å². The van der Waals surface area contributed by atoms with Crippen molar-refractivity contribution in [3.63, 3.8) is 0 Å². The third-order valence-electron chi connectivity index (χ3n) is 2.34. The van der Waals surface area contributed by atoms with Gasteiger partial charge in [0, 0.05) is 17.4 Å². The van der Waals surface area contributed by atoms with Crippen molar-refractivity contribution in [3.05, 3.63) is 29.8 Å². The van der Waals surface area contributed by atoms with Crippen LogP contribution in [0.4, 0.5) is 0 Å². The molecule has 1 aromatic carbocycles. The van der Waals surface area contributed by atoms with E-state index in [1.807, 2.05) is 19.1 Å². The maximum absolute atomic E-state index is 11.9. The number of amides is 1. The van der Waals surface area contributed by atoms with E-state index >= 15 is 0 Å². The minimum atomic E-state index is -0.118. The Hall–Kier alpha value is -1.40. The SMILES string of the molecule is C#CCC(CC)NC(=O)c1ccccc1S. The highest BCUT2D eigenvalue weighted by Crippen LogP contribution is 2.13. The molecule has 0 aliphatic rings. The van der Waals surface area contributed by atoms with Crippen LogP contribution in [-0.2, 0) is 0 Å². The van der Waals surface area contributed by atoms with E-state index in [0.29, 0.717) is 16.9 Å². The van der Waals surface area contributed by atoms with Gasteiger partial charge in [0.1, 0.15) is 0 Å². The van der Waals surface area contributed by atoms with Gasteiger partial charge in [0.2, 0.25) is 0 Å². The van der Waals surface area contributed by atoms with Crippen molar-refractivity contribution >= 4 is 18.5 Å². The Bertz CT molecular complexity index is 409. The van der Waals surface area contributed by atoms with Crippen LogP contribution < -0.4 is 5.32 Å². The summed E-state index contributed by atoms with van der Waals surface area (Å²) in [7, 11) is 0. The number of carbonyl (C=O) groups is 1. The van der Waals surface area contributed by atoms with E-state index in [1.54, 1.807) is 12.1 Å². The molecule has 0 aliphatic carbocycles. The van der Waals surface area contributed by atoms with Crippen LogP contribution in [0, 0.1) is 12.3 Å². The second-order valence-corrected chi connectivity index (χ2v) is 3.99. The summed E-state index contributed by atoms with van der Waals surface area (Å²) >= 11 is 4.24. The lowest BCUT2D eigenvalue weighted by Crippen LogP contribution is -2.34. The summed E-state index contributed by atoms with van der Waals surface area (Å²) in [5.41, 5.74) is 0.585. The normalized spacial score (nSPS) is 11.6. The Kier molecular flexibility index (Phi) is 4.94. The predicted octanol–water partition coefficient (Wildman–Crippen LogP) is 2.51. The molecule has 2 nitrogen and oxygen atoms in total. The number of thiol groups is 1. The quantitative estimate of drug-likeness (QED) is 0.607. The molecule has 3 heteroatoms. The molecule has 0 saturated heterocycles. The van der Waals surface area contributed by atoms with Gasteiger partial charge in [-0.2, -0.15) is 0 Å². The summed E-state index contributed by atoms with van der Waals surface area (Å²) < 4.78 is 0. The average Bonchev–Trinajstić information content (AvgIpc) is 2.28. The highest BCUT2D eigenvalue weighted by atomic mass is 32.1. The van der Waals surface area contributed by atoms with Crippen molar-refractivity contribution in [2.45, 2.75) is 30.7 Å². The molecule has 0 aliphatic heterocycles. The van der Waals surface area contributed by atoms with Crippen molar-refractivity contribution in [2.24, 2.45) is 0 Å². The molecule has 1 unspecified atom stereocenters. The summed E-state index contributed by atoms with van der Waals surface area (Å²) in [6.07, 6.45) is 6.61. The van der Waals surface area contributed by atoms with Crippen molar-refractivity contribution in [1.29, 1.82) is 0 Å². The van der Waals surface area contributed by atoms with Crippen LogP contribution in [-0.4, -0.2) is 11.9 Å². The Morgan fingerprint density at radius 2 is 2.25 bits per heavy atom. The number of nitrogens with one attached hydrogen (secondary N) is 1. The molecule has 0 saturated carbocycles. The number of hydrogen-bond donors (Lipinski definition) is 2. The smallest absolute Gasteiger partial charge is 0.252 e. The van der Waals surface area contributed by atoms with Gasteiger partial charge in [0.25, 0.3) is 5.91 Å². The molecule has 1 atom stereocenters. The Labute approximate surface area is 102 Å². The lowest BCUT2D eigenvalue weighted by atomic mass is 10.1. The van der Waals surface area contributed by atoms with Crippen molar-refractivity contribution in [3.8, 4) is 12.3 Å².